The maximum Gasteiger partial charge on any atom is 0.270 e. The summed E-state index contributed by atoms with van der Waals surface area (Å²) in [7, 11) is 1.74. The molecule has 174 valence electrons. The van der Waals surface area contributed by atoms with Gasteiger partial charge in [-0.15, -0.1) is 0 Å². The predicted octanol–water partition coefficient (Wildman–Crippen LogP) is 3.93. The lowest BCUT2D eigenvalue weighted by atomic mass is 9.77. The van der Waals surface area contributed by atoms with Gasteiger partial charge < -0.3 is 15.4 Å². The molecule has 2 heterocycles. The molecule has 1 aliphatic heterocycles. The van der Waals surface area contributed by atoms with E-state index >= 15 is 0 Å². The van der Waals surface area contributed by atoms with Crippen LogP contribution in [0, 0.1) is 11.3 Å². The van der Waals surface area contributed by atoms with E-state index in [1.807, 2.05) is 24.3 Å². The van der Waals surface area contributed by atoms with Crippen LogP contribution in [-0.2, 0) is 16.6 Å². The maximum absolute atomic E-state index is 13.7. The summed E-state index contributed by atoms with van der Waals surface area (Å²) in [6.45, 7) is 3.65. The minimum absolute atomic E-state index is 0.120. The van der Waals surface area contributed by atoms with Gasteiger partial charge in [0.05, 0.1) is 13.2 Å². The van der Waals surface area contributed by atoms with Crippen LogP contribution in [0.25, 0.3) is 5.57 Å². The van der Waals surface area contributed by atoms with Gasteiger partial charge in [0, 0.05) is 24.3 Å². The van der Waals surface area contributed by atoms with Crippen LogP contribution >= 0.6 is 0 Å². The molecule has 2 saturated carbocycles. The number of benzene rings is 1. The molecule has 7 heteroatoms. The van der Waals surface area contributed by atoms with Gasteiger partial charge >= 0.3 is 0 Å². The fourth-order valence-electron chi connectivity index (χ4n) is 5.59. The Morgan fingerprint density at radius 1 is 1.15 bits per heavy atom. The highest BCUT2D eigenvalue weighted by Crippen LogP contribution is 2.65. The number of nitrogens with one attached hydrogen (secondary N) is 2. The van der Waals surface area contributed by atoms with Gasteiger partial charge in [0.15, 0.2) is 0 Å². The molecule has 2 N–H and O–H groups in total. The first-order valence-electron chi connectivity index (χ1n) is 11.9. The summed E-state index contributed by atoms with van der Waals surface area (Å²) in [6, 6.07) is 9.65. The van der Waals surface area contributed by atoms with E-state index in [2.05, 4.69) is 28.7 Å². The Morgan fingerprint density at radius 2 is 1.91 bits per heavy atom. The van der Waals surface area contributed by atoms with Crippen molar-refractivity contribution in [3.63, 3.8) is 0 Å². The predicted molar refractivity (Wildman–Crippen MR) is 127 cm³/mol. The lowest BCUT2D eigenvalue weighted by Gasteiger charge is -2.32. The third-order valence-corrected chi connectivity index (χ3v) is 7.86. The fourth-order valence-corrected chi connectivity index (χ4v) is 5.59. The van der Waals surface area contributed by atoms with Crippen LogP contribution < -0.4 is 10.6 Å². The second-order valence-corrected chi connectivity index (χ2v) is 9.92. The standard InChI is InChI=1S/C26H32N4O3/c1-18-7-12-25(13-8-18)17-26(25,29-23(31)22-9-14-27-30(22)2)24(32)28-21-5-3-19(4-6-21)20-10-15-33-16-11-20/h3-6,9-10,14,18H,7-8,11-13,15-17H2,1-2H3,(H,28,32)(H,29,31). The number of hydrogen-bond donors (Lipinski definition) is 2. The third-order valence-electron chi connectivity index (χ3n) is 7.86. The van der Waals surface area contributed by atoms with Gasteiger partial charge in [-0.05, 0) is 60.9 Å². The van der Waals surface area contributed by atoms with Crippen molar-refractivity contribution in [3.8, 4) is 0 Å². The van der Waals surface area contributed by atoms with Gasteiger partial charge in [-0.3, -0.25) is 14.3 Å². The van der Waals surface area contributed by atoms with Crippen molar-refractivity contribution >= 4 is 23.1 Å². The van der Waals surface area contributed by atoms with Crippen molar-refractivity contribution in [2.75, 3.05) is 18.5 Å². The minimum atomic E-state index is -0.879. The summed E-state index contributed by atoms with van der Waals surface area (Å²) in [5.41, 5.74) is 2.59. The molecule has 2 aromatic rings. The molecule has 0 radical (unpaired) electrons. The summed E-state index contributed by atoms with van der Waals surface area (Å²) in [5.74, 6) is 0.296. The number of hydrogen-bond acceptors (Lipinski definition) is 4. The van der Waals surface area contributed by atoms with E-state index < -0.39 is 5.54 Å². The van der Waals surface area contributed by atoms with Crippen molar-refractivity contribution < 1.29 is 14.3 Å². The van der Waals surface area contributed by atoms with Crippen LogP contribution in [0.2, 0.25) is 0 Å². The van der Waals surface area contributed by atoms with Gasteiger partial charge in [0.1, 0.15) is 11.2 Å². The van der Waals surface area contributed by atoms with Crippen molar-refractivity contribution in [3.05, 3.63) is 53.9 Å². The van der Waals surface area contributed by atoms with Crippen LogP contribution in [0.5, 0.6) is 0 Å². The smallest absolute Gasteiger partial charge is 0.270 e. The number of carbonyl (C=O) groups excluding carboxylic acids is 2. The number of amides is 2. The largest absolute Gasteiger partial charge is 0.377 e. The Balaban J connectivity index is 1.35. The molecule has 1 aromatic heterocycles. The van der Waals surface area contributed by atoms with Gasteiger partial charge in [-0.1, -0.05) is 38.0 Å². The van der Waals surface area contributed by atoms with Crippen LogP contribution in [0.15, 0.2) is 42.6 Å². The SMILES string of the molecule is CC1CCC2(CC1)CC2(NC(=O)c1ccnn1C)C(=O)Nc1ccc(C2=CCOCC2)cc1. The van der Waals surface area contributed by atoms with E-state index in [4.69, 9.17) is 4.74 Å². The molecule has 0 bridgehead atoms. The molecular weight excluding hydrogens is 416 g/mol. The Bertz CT molecular complexity index is 1080. The second-order valence-electron chi connectivity index (χ2n) is 9.92. The summed E-state index contributed by atoms with van der Waals surface area (Å²) >= 11 is 0. The molecule has 33 heavy (non-hydrogen) atoms. The number of anilines is 1. The molecule has 1 spiro atoms. The molecule has 3 aliphatic rings. The zero-order chi connectivity index (χ0) is 23.1. The van der Waals surface area contributed by atoms with E-state index in [0.29, 0.717) is 24.6 Å². The lowest BCUT2D eigenvalue weighted by molar-refractivity contribution is -0.120. The molecule has 7 nitrogen and oxygen atoms in total. The lowest BCUT2D eigenvalue weighted by Crippen LogP contribution is -2.51. The molecule has 1 aromatic carbocycles. The first-order valence-corrected chi connectivity index (χ1v) is 11.9. The number of aromatic nitrogens is 2. The summed E-state index contributed by atoms with van der Waals surface area (Å²) in [4.78, 5) is 26.7. The van der Waals surface area contributed by atoms with E-state index in [1.54, 1.807) is 24.0 Å². The summed E-state index contributed by atoms with van der Waals surface area (Å²) in [6.07, 6.45) is 9.39. The zero-order valence-corrected chi connectivity index (χ0v) is 19.4. The second kappa shape index (κ2) is 8.45. The van der Waals surface area contributed by atoms with Crippen LogP contribution in [0.1, 0.15) is 61.5 Å². The van der Waals surface area contributed by atoms with Crippen molar-refractivity contribution in [1.29, 1.82) is 0 Å². The molecular formula is C26H32N4O3. The topological polar surface area (TPSA) is 85.2 Å². The van der Waals surface area contributed by atoms with Crippen LogP contribution in [0.4, 0.5) is 5.69 Å². The van der Waals surface area contributed by atoms with Gasteiger partial charge in [0.25, 0.3) is 11.8 Å². The normalized spacial score (nSPS) is 28.8. The first kappa shape index (κ1) is 21.9. The molecule has 2 aliphatic carbocycles. The highest BCUT2D eigenvalue weighted by Gasteiger charge is 2.72. The molecule has 2 fully saturated rings. The highest BCUT2D eigenvalue weighted by molar-refractivity contribution is 6.06. The average Bonchev–Trinajstić information content (AvgIpc) is 3.22. The molecule has 0 saturated heterocycles. The van der Waals surface area contributed by atoms with Crippen molar-refractivity contribution in [2.45, 2.75) is 51.0 Å². The Kier molecular flexibility index (Phi) is 5.60. The molecule has 5 rings (SSSR count). The average molecular weight is 449 g/mol. The summed E-state index contributed by atoms with van der Waals surface area (Å²) in [5, 5.41) is 10.3. The molecule has 1 atom stereocenters. The third kappa shape index (κ3) is 3.99. The van der Waals surface area contributed by atoms with E-state index in [1.165, 1.54) is 5.57 Å². The van der Waals surface area contributed by atoms with Crippen LogP contribution in [-0.4, -0.2) is 40.3 Å². The van der Waals surface area contributed by atoms with Gasteiger partial charge in [-0.2, -0.15) is 5.10 Å². The molecule has 2 amide bonds. The van der Waals surface area contributed by atoms with E-state index in [9.17, 15) is 9.59 Å². The fraction of sp³-hybridized carbons (Fsp3) is 0.500. The van der Waals surface area contributed by atoms with E-state index in [0.717, 1.165) is 50.0 Å². The zero-order valence-electron chi connectivity index (χ0n) is 19.4. The first-order chi connectivity index (χ1) is 15.9. The quantitative estimate of drug-likeness (QED) is 0.726. The number of aryl methyl sites for hydroxylation is 1. The van der Waals surface area contributed by atoms with Gasteiger partial charge in [-0.25, -0.2) is 0 Å². The number of carbonyl (C=O) groups is 2. The number of ether oxygens (including phenoxy) is 1. The van der Waals surface area contributed by atoms with Crippen molar-refractivity contribution in [1.82, 2.24) is 15.1 Å². The van der Waals surface area contributed by atoms with Crippen LogP contribution in [0.3, 0.4) is 0 Å². The minimum Gasteiger partial charge on any atom is -0.377 e. The number of rotatable bonds is 5. The highest BCUT2D eigenvalue weighted by atomic mass is 16.5. The van der Waals surface area contributed by atoms with E-state index in [-0.39, 0.29) is 17.2 Å². The Hall–Kier alpha value is -2.93. The molecule has 1 unspecified atom stereocenters. The van der Waals surface area contributed by atoms with Crippen molar-refractivity contribution in [2.24, 2.45) is 18.4 Å². The Labute approximate surface area is 194 Å². The maximum atomic E-state index is 13.7. The monoisotopic (exact) mass is 448 g/mol. The summed E-state index contributed by atoms with van der Waals surface area (Å²) < 4.78 is 6.94. The van der Waals surface area contributed by atoms with Gasteiger partial charge in [0.2, 0.25) is 0 Å². The number of nitrogens with zero attached hydrogens (tertiary/aromatic N) is 2. The Morgan fingerprint density at radius 3 is 2.55 bits per heavy atom.